The SMILES string of the molecule is CC(C)C1=C2C3CCC4[C@@]5(C)CC[C@H](OC(=O)CC(C)(C)C(=O)O)C(C)(C)[C@@H]5CC[C@@]4(C)[C@]3(C)CC[C@@]2([C@H](O)CNC2CCCCC2C)CC1=O. The summed E-state index contributed by atoms with van der Waals surface area (Å²) in [5.41, 5.74) is 0.724. The highest BCUT2D eigenvalue weighted by atomic mass is 16.5. The van der Waals surface area contributed by atoms with Crippen molar-refractivity contribution in [1.29, 1.82) is 0 Å². The van der Waals surface area contributed by atoms with Gasteiger partial charge in [0, 0.05) is 29.8 Å². The molecule has 0 aromatic heterocycles. The van der Waals surface area contributed by atoms with Crippen LogP contribution in [0.1, 0.15) is 159 Å². The number of carbonyl (C=O) groups excluding carboxylic acids is 2. The largest absolute Gasteiger partial charge is 0.481 e. The summed E-state index contributed by atoms with van der Waals surface area (Å²) in [6.45, 7) is 22.7. The molecule has 51 heavy (non-hydrogen) atoms. The van der Waals surface area contributed by atoms with Crippen LogP contribution in [0.4, 0.5) is 0 Å². The van der Waals surface area contributed by atoms with Crippen molar-refractivity contribution in [3.8, 4) is 0 Å². The third-order valence-electron chi connectivity index (χ3n) is 17.2. The van der Waals surface area contributed by atoms with Gasteiger partial charge in [-0.1, -0.05) is 73.8 Å². The van der Waals surface area contributed by atoms with Crippen LogP contribution in [0, 0.1) is 62.1 Å². The number of hydrogen-bond donors (Lipinski definition) is 3. The Morgan fingerprint density at radius 3 is 2.24 bits per heavy atom. The lowest BCUT2D eigenvalue weighted by atomic mass is 9.33. The van der Waals surface area contributed by atoms with Crippen LogP contribution in [-0.4, -0.2) is 52.7 Å². The summed E-state index contributed by atoms with van der Waals surface area (Å²) in [6, 6.07) is 0.442. The second kappa shape index (κ2) is 13.2. The second-order valence-electron chi connectivity index (χ2n) is 20.8. The van der Waals surface area contributed by atoms with Gasteiger partial charge in [-0.2, -0.15) is 0 Å². The topological polar surface area (TPSA) is 113 Å². The minimum Gasteiger partial charge on any atom is -0.481 e. The molecule has 6 rings (SSSR count). The summed E-state index contributed by atoms with van der Waals surface area (Å²) in [7, 11) is 0. The van der Waals surface area contributed by atoms with Gasteiger partial charge in [0.05, 0.1) is 17.9 Å². The lowest BCUT2D eigenvalue weighted by molar-refractivity contribution is -0.235. The summed E-state index contributed by atoms with van der Waals surface area (Å²) in [5.74, 6) is 0.846. The predicted molar refractivity (Wildman–Crippen MR) is 201 cm³/mol. The molecule has 5 saturated carbocycles. The lowest BCUT2D eigenvalue weighted by Gasteiger charge is -2.72. The number of ketones is 1. The fourth-order valence-electron chi connectivity index (χ4n) is 14.0. The molecule has 0 amide bonds. The van der Waals surface area contributed by atoms with Gasteiger partial charge in [0.2, 0.25) is 0 Å². The van der Waals surface area contributed by atoms with Crippen molar-refractivity contribution >= 4 is 17.7 Å². The van der Waals surface area contributed by atoms with E-state index in [4.69, 9.17) is 4.74 Å². The van der Waals surface area contributed by atoms with Gasteiger partial charge in [-0.15, -0.1) is 0 Å². The summed E-state index contributed by atoms with van der Waals surface area (Å²) < 4.78 is 6.17. The average Bonchev–Trinajstić information content (AvgIpc) is 3.35. The molecule has 0 aliphatic heterocycles. The van der Waals surface area contributed by atoms with Gasteiger partial charge in [0.15, 0.2) is 5.78 Å². The number of nitrogens with one attached hydrogen (secondary N) is 1. The molecule has 7 heteroatoms. The lowest BCUT2D eigenvalue weighted by Crippen LogP contribution is -2.66. The van der Waals surface area contributed by atoms with Crippen molar-refractivity contribution in [3.05, 3.63) is 11.1 Å². The number of ether oxygens (including phenoxy) is 1. The molecule has 0 radical (unpaired) electrons. The minimum absolute atomic E-state index is 0.0222. The van der Waals surface area contributed by atoms with Crippen molar-refractivity contribution < 1.29 is 29.3 Å². The van der Waals surface area contributed by atoms with Gasteiger partial charge in [-0.25, -0.2) is 0 Å². The number of carbonyl (C=O) groups is 3. The summed E-state index contributed by atoms with van der Waals surface area (Å²) in [6.07, 6.45) is 12.6. The van der Waals surface area contributed by atoms with Gasteiger partial charge in [0.1, 0.15) is 6.10 Å². The average molecular weight is 710 g/mol. The first-order valence-electron chi connectivity index (χ1n) is 20.8. The highest BCUT2D eigenvalue weighted by Crippen LogP contribution is 2.77. The molecular formula is C44H71NO6. The maximum Gasteiger partial charge on any atom is 0.309 e. The maximum atomic E-state index is 14.1. The van der Waals surface area contributed by atoms with Crippen molar-refractivity contribution in [2.24, 2.45) is 62.1 Å². The number of carboxylic acid groups (broad SMARTS) is 1. The molecule has 5 fully saturated rings. The molecule has 6 aliphatic rings. The Morgan fingerprint density at radius 1 is 0.902 bits per heavy atom. The van der Waals surface area contributed by atoms with Crippen molar-refractivity contribution in [1.82, 2.24) is 5.32 Å². The third kappa shape index (κ3) is 6.00. The van der Waals surface area contributed by atoms with E-state index in [-0.39, 0.29) is 45.9 Å². The predicted octanol–water partition coefficient (Wildman–Crippen LogP) is 8.91. The molecule has 0 bridgehead atoms. The number of Topliss-reactive ketones (excluding diaryl/α,β-unsaturated/α-hetero) is 1. The van der Waals surface area contributed by atoms with Crippen LogP contribution < -0.4 is 5.32 Å². The highest BCUT2D eigenvalue weighted by molar-refractivity contribution is 6.00. The summed E-state index contributed by atoms with van der Waals surface area (Å²) in [5, 5.41) is 25.7. The number of hydrogen-bond acceptors (Lipinski definition) is 6. The number of aliphatic hydroxyl groups is 1. The van der Waals surface area contributed by atoms with Crippen LogP contribution in [0.2, 0.25) is 0 Å². The monoisotopic (exact) mass is 710 g/mol. The van der Waals surface area contributed by atoms with Gasteiger partial charge in [-0.05, 0) is 129 Å². The number of aliphatic hydroxyl groups excluding tert-OH is 1. The Bertz CT molecular complexity index is 1430. The molecule has 4 unspecified atom stereocenters. The van der Waals surface area contributed by atoms with E-state index in [1.165, 1.54) is 31.3 Å². The van der Waals surface area contributed by atoms with E-state index >= 15 is 0 Å². The molecule has 0 aromatic rings. The van der Waals surface area contributed by atoms with Crippen molar-refractivity contribution in [2.75, 3.05) is 6.54 Å². The van der Waals surface area contributed by atoms with Crippen LogP contribution in [0.3, 0.4) is 0 Å². The Labute approximate surface area is 308 Å². The molecule has 0 spiro atoms. The quantitative estimate of drug-likeness (QED) is 0.205. The fourth-order valence-corrected chi connectivity index (χ4v) is 14.0. The van der Waals surface area contributed by atoms with Crippen molar-refractivity contribution in [3.63, 3.8) is 0 Å². The number of allylic oxidation sites excluding steroid dienone is 1. The van der Waals surface area contributed by atoms with Crippen molar-refractivity contribution in [2.45, 2.75) is 177 Å². The third-order valence-corrected chi connectivity index (χ3v) is 17.2. The molecule has 0 heterocycles. The maximum absolute atomic E-state index is 14.1. The Balaban J connectivity index is 1.27. The molecular weight excluding hydrogens is 638 g/mol. The number of fused-ring (bicyclic) bond motifs is 7. The standard InChI is InChI=1S/C44H71NO6/c1-26(2)36-30(46)23-44(33(47)25-45-29-14-12-11-13-27(29)3)22-21-42(9)28(37(36)44)15-16-32-41(8)19-18-34(51-35(48)24-39(4,5)38(49)50)40(6,7)31(41)17-20-43(32,42)10/h26-29,31-34,45,47H,11-25H2,1-10H3,(H,49,50)/t27?,28?,29?,31-,32?,33+,34-,41-,42+,43+,44-/m0/s1. The van der Waals surface area contributed by atoms with Gasteiger partial charge < -0.3 is 20.3 Å². The van der Waals surface area contributed by atoms with Crippen LogP contribution in [0.5, 0.6) is 0 Å². The molecule has 6 aliphatic carbocycles. The zero-order chi connectivity index (χ0) is 37.5. The van der Waals surface area contributed by atoms with Crippen LogP contribution in [0.25, 0.3) is 0 Å². The number of esters is 1. The van der Waals surface area contributed by atoms with Gasteiger partial charge >= 0.3 is 11.9 Å². The van der Waals surface area contributed by atoms with E-state index in [0.717, 1.165) is 56.9 Å². The first-order chi connectivity index (χ1) is 23.7. The molecule has 11 atom stereocenters. The number of aliphatic carboxylic acids is 1. The second-order valence-corrected chi connectivity index (χ2v) is 20.8. The highest BCUT2D eigenvalue weighted by Gasteiger charge is 2.70. The number of carboxylic acids is 1. The zero-order valence-corrected chi connectivity index (χ0v) is 33.8. The van der Waals surface area contributed by atoms with Crippen LogP contribution in [0.15, 0.2) is 11.1 Å². The first-order valence-corrected chi connectivity index (χ1v) is 20.8. The van der Waals surface area contributed by atoms with E-state index in [0.29, 0.717) is 42.7 Å². The Hall–Kier alpha value is -1.73. The zero-order valence-electron chi connectivity index (χ0n) is 33.8. The normalized spacial score (nSPS) is 42.8. The Kier molecular flexibility index (Phi) is 10.1. The molecule has 288 valence electrons. The van der Waals surface area contributed by atoms with Gasteiger partial charge in [-0.3, -0.25) is 14.4 Å². The van der Waals surface area contributed by atoms with E-state index in [1.54, 1.807) is 13.8 Å². The summed E-state index contributed by atoms with van der Waals surface area (Å²) >= 11 is 0. The van der Waals surface area contributed by atoms with Crippen LogP contribution in [-0.2, 0) is 19.1 Å². The molecule has 0 saturated heterocycles. The smallest absolute Gasteiger partial charge is 0.309 e. The van der Waals surface area contributed by atoms with E-state index < -0.39 is 28.9 Å². The molecule has 7 nitrogen and oxygen atoms in total. The van der Waals surface area contributed by atoms with E-state index in [1.807, 2.05) is 0 Å². The summed E-state index contributed by atoms with van der Waals surface area (Å²) in [4.78, 5) is 38.9. The van der Waals surface area contributed by atoms with Gasteiger partial charge in [0.25, 0.3) is 0 Å². The number of rotatable bonds is 9. The molecule has 3 N–H and O–H groups in total. The van der Waals surface area contributed by atoms with E-state index in [9.17, 15) is 24.6 Å². The fraction of sp³-hybridized carbons (Fsp3) is 0.886. The Morgan fingerprint density at radius 2 is 1.59 bits per heavy atom. The van der Waals surface area contributed by atoms with Crippen LogP contribution >= 0.6 is 0 Å². The van der Waals surface area contributed by atoms with E-state index in [2.05, 4.69) is 60.7 Å². The minimum atomic E-state index is -1.15. The molecule has 0 aromatic carbocycles. The first kappa shape index (κ1) is 39.0.